The average Bonchev–Trinajstić information content (AvgIpc) is 3.11. The summed E-state index contributed by atoms with van der Waals surface area (Å²) in [5.41, 5.74) is 0.0528. The van der Waals surface area contributed by atoms with Crippen LogP contribution in [0, 0.1) is 11.3 Å². The van der Waals surface area contributed by atoms with Gasteiger partial charge in [-0.3, -0.25) is 4.79 Å². The first-order chi connectivity index (χ1) is 8.59. The van der Waals surface area contributed by atoms with E-state index in [0.717, 1.165) is 31.9 Å². The Morgan fingerprint density at radius 3 is 2.89 bits per heavy atom. The van der Waals surface area contributed by atoms with E-state index in [9.17, 15) is 4.79 Å². The molecular weight excluding hydrogens is 228 g/mol. The van der Waals surface area contributed by atoms with E-state index in [4.69, 9.17) is 4.74 Å². The van der Waals surface area contributed by atoms with Crippen molar-refractivity contribution in [1.29, 1.82) is 0 Å². The molecule has 104 valence electrons. The summed E-state index contributed by atoms with van der Waals surface area (Å²) in [7, 11) is 0. The van der Waals surface area contributed by atoms with Gasteiger partial charge >= 0.3 is 0 Å². The molecule has 2 rings (SSSR count). The first-order valence-corrected chi connectivity index (χ1v) is 7.18. The SMILES string of the molecule is CC1(C)CCCNC1C(=O)NCCOCC1CC1. The maximum atomic E-state index is 12.1. The highest BCUT2D eigenvalue weighted by Crippen LogP contribution is 2.30. The van der Waals surface area contributed by atoms with E-state index in [1.165, 1.54) is 12.8 Å². The van der Waals surface area contributed by atoms with Gasteiger partial charge in [0.2, 0.25) is 5.91 Å². The van der Waals surface area contributed by atoms with Crippen LogP contribution in [0.5, 0.6) is 0 Å². The van der Waals surface area contributed by atoms with Crippen LogP contribution in [-0.4, -0.2) is 38.3 Å². The van der Waals surface area contributed by atoms with Crippen molar-refractivity contribution in [3.05, 3.63) is 0 Å². The van der Waals surface area contributed by atoms with Crippen LogP contribution in [0.1, 0.15) is 39.5 Å². The summed E-state index contributed by atoms with van der Waals surface area (Å²) in [5, 5.41) is 6.30. The van der Waals surface area contributed by atoms with Crippen molar-refractivity contribution in [3.8, 4) is 0 Å². The van der Waals surface area contributed by atoms with Gasteiger partial charge in [0.25, 0.3) is 0 Å². The summed E-state index contributed by atoms with van der Waals surface area (Å²) < 4.78 is 5.51. The number of amides is 1. The Morgan fingerprint density at radius 2 is 2.22 bits per heavy atom. The van der Waals surface area contributed by atoms with Crippen molar-refractivity contribution in [1.82, 2.24) is 10.6 Å². The minimum Gasteiger partial charge on any atom is -0.379 e. The number of hydrogen-bond acceptors (Lipinski definition) is 3. The number of hydrogen-bond donors (Lipinski definition) is 2. The summed E-state index contributed by atoms with van der Waals surface area (Å²) in [6.45, 7) is 7.39. The monoisotopic (exact) mass is 254 g/mol. The van der Waals surface area contributed by atoms with Crippen molar-refractivity contribution in [2.24, 2.45) is 11.3 Å². The molecule has 4 heteroatoms. The number of rotatable bonds is 6. The summed E-state index contributed by atoms with van der Waals surface area (Å²) in [6, 6.07) is -0.0605. The smallest absolute Gasteiger partial charge is 0.237 e. The summed E-state index contributed by atoms with van der Waals surface area (Å²) in [5.74, 6) is 0.911. The van der Waals surface area contributed by atoms with Crippen molar-refractivity contribution < 1.29 is 9.53 Å². The van der Waals surface area contributed by atoms with E-state index in [2.05, 4.69) is 24.5 Å². The maximum absolute atomic E-state index is 12.1. The van der Waals surface area contributed by atoms with Gasteiger partial charge in [0.05, 0.1) is 12.6 Å². The second-order valence-electron chi connectivity index (χ2n) is 6.29. The average molecular weight is 254 g/mol. The molecule has 4 nitrogen and oxygen atoms in total. The quantitative estimate of drug-likeness (QED) is 0.703. The lowest BCUT2D eigenvalue weighted by atomic mass is 9.77. The van der Waals surface area contributed by atoms with Gasteiger partial charge < -0.3 is 15.4 Å². The fourth-order valence-electron chi connectivity index (χ4n) is 2.54. The minimum absolute atomic E-state index is 0.0528. The molecule has 2 N–H and O–H groups in total. The fourth-order valence-corrected chi connectivity index (χ4v) is 2.54. The van der Waals surface area contributed by atoms with E-state index >= 15 is 0 Å². The van der Waals surface area contributed by atoms with Crippen molar-refractivity contribution >= 4 is 5.91 Å². The number of ether oxygens (including phenoxy) is 1. The molecule has 1 saturated heterocycles. The lowest BCUT2D eigenvalue weighted by molar-refractivity contribution is -0.127. The third kappa shape index (κ3) is 3.95. The molecule has 1 amide bonds. The molecule has 1 heterocycles. The minimum atomic E-state index is -0.0605. The van der Waals surface area contributed by atoms with E-state index in [1.807, 2.05) is 0 Å². The van der Waals surface area contributed by atoms with Gasteiger partial charge in [-0.1, -0.05) is 13.8 Å². The van der Waals surface area contributed by atoms with Crippen molar-refractivity contribution in [3.63, 3.8) is 0 Å². The summed E-state index contributed by atoms with van der Waals surface area (Å²) >= 11 is 0. The topological polar surface area (TPSA) is 50.4 Å². The summed E-state index contributed by atoms with van der Waals surface area (Å²) in [4.78, 5) is 12.1. The molecule has 1 saturated carbocycles. The van der Waals surface area contributed by atoms with Gasteiger partial charge in [-0.05, 0) is 43.6 Å². The zero-order chi connectivity index (χ0) is 13.0. The van der Waals surface area contributed by atoms with E-state index in [1.54, 1.807) is 0 Å². The first-order valence-electron chi connectivity index (χ1n) is 7.18. The number of carbonyl (C=O) groups excluding carboxylic acids is 1. The Morgan fingerprint density at radius 1 is 1.44 bits per heavy atom. The highest BCUT2D eigenvalue weighted by atomic mass is 16.5. The van der Waals surface area contributed by atoms with Gasteiger partial charge in [0, 0.05) is 13.2 Å². The van der Waals surface area contributed by atoms with Gasteiger partial charge in [-0.2, -0.15) is 0 Å². The van der Waals surface area contributed by atoms with Crippen LogP contribution < -0.4 is 10.6 Å². The van der Waals surface area contributed by atoms with Crippen LogP contribution in [0.25, 0.3) is 0 Å². The molecule has 2 fully saturated rings. The maximum Gasteiger partial charge on any atom is 0.237 e. The molecule has 0 spiro atoms. The Balaban J connectivity index is 1.63. The van der Waals surface area contributed by atoms with Gasteiger partial charge in [-0.15, -0.1) is 0 Å². The van der Waals surface area contributed by atoms with E-state index in [-0.39, 0.29) is 17.4 Å². The lowest BCUT2D eigenvalue weighted by Gasteiger charge is -2.38. The number of nitrogens with one attached hydrogen (secondary N) is 2. The molecule has 0 aromatic heterocycles. The number of carbonyl (C=O) groups is 1. The molecule has 1 aliphatic carbocycles. The Hall–Kier alpha value is -0.610. The van der Waals surface area contributed by atoms with Crippen molar-refractivity contribution in [2.75, 3.05) is 26.3 Å². The lowest BCUT2D eigenvalue weighted by Crippen LogP contribution is -2.55. The van der Waals surface area contributed by atoms with E-state index < -0.39 is 0 Å². The van der Waals surface area contributed by atoms with Crippen molar-refractivity contribution in [2.45, 2.75) is 45.6 Å². The molecule has 2 aliphatic rings. The van der Waals surface area contributed by atoms with Gasteiger partial charge in [-0.25, -0.2) is 0 Å². The zero-order valence-corrected chi connectivity index (χ0v) is 11.6. The third-order valence-corrected chi connectivity index (χ3v) is 3.99. The molecule has 1 unspecified atom stereocenters. The van der Waals surface area contributed by atoms with E-state index in [0.29, 0.717) is 13.2 Å². The predicted octanol–water partition coefficient (Wildman–Crippen LogP) is 1.31. The molecule has 1 aliphatic heterocycles. The largest absolute Gasteiger partial charge is 0.379 e. The van der Waals surface area contributed by atoms with Crippen LogP contribution in [0.15, 0.2) is 0 Å². The van der Waals surface area contributed by atoms with Crippen LogP contribution >= 0.6 is 0 Å². The molecule has 0 aromatic carbocycles. The highest BCUT2D eigenvalue weighted by molar-refractivity contribution is 5.82. The Bertz CT molecular complexity index is 288. The van der Waals surface area contributed by atoms with Gasteiger partial charge in [0.1, 0.15) is 0 Å². The Kier molecular flexibility index (Phi) is 4.62. The third-order valence-electron chi connectivity index (χ3n) is 3.99. The van der Waals surface area contributed by atoms with Crippen LogP contribution in [0.3, 0.4) is 0 Å². The zero-order valence-electron chi connectivity index (χ0n) is 11.6. The van der Waals surface area contributed by atoms with Crippen LogP contribution in [0.2, 0.25) is 0 Å². The molecule has 0 radical (unpaired) electrons. The first kappa shape index (κ1) is 13.8. The second kappa shape index (κ2) is 6.02. The standard InChI is InChI=1S/C14H26N2O2/c1-14(2)6-3-7-15-12(14)13(17)16-8-9-18-10-11-4-5-11/h11-12,15H,3-10H2,1-2H3,(H,16,17). The predicted molar refractivity (Wildman–Crippen MR) is 71.4 cm³/mol. The van der Waals surface area contributed by atoms with Gasteiger partial charge in [0.15, 0.2) is 0 Å². The molecule has 0 bridgehead atoms. The molecular formula is C14H26N2O2. The molecule has 1 atom stereocenters. The van der Waals surface area contributed by atoms with Crippen LogP contribution in [0.4, 0.5) is 0 Å². The normalized spacial score (nSPS) is 26.9. The fraction of sp³-hybridized carbons (Fsp3) is 0.929. The molecule has 0 aromatic rings. The highest BCUT2D eigenvalue weighted by Gasteiger charge is 2.36. The number of piperidine rings is 1. The molecule has 18 heavy (non-hydrogen) atoms. The van der Waals surface area contributed by atoms with Crippen LogP contribution in [-0.2, 0) is 9.53 Å². The Labute approximate surface area is 110 Å². The second-order valence-corrected chi connectivity index (χ2v) is 6.29. The summed E-state index contributed by atoms with van der Waals surface area (Å²) in [6.07, 6.45) is 4.89.